The topological polar surface area (TPSA) is 26.0 Å². The fourth-order valence-corrected chi connectivity index (χ4v) is 3.39. The monoisotopic (exact) mass is 195 g/mol. The molecule has 0 saturated heterocycles. The van der Waals surface area contributed by atoms with Gasteiger partial charge in [0.15, 0.2) is 0 Å². The van der Waals surface area contributed by atoms with E-state index in [0.717, 1.165) is 0 Å². The van der Waals surface area contributed by atoms with Crippen molar-refractivity contribution in [1.29, 1.82) is 0 Å². The summed E-state index contributed by atoms with van der Waals surface area (Å²) >= 11 is 1.83. The van der Waals surface area contributed by atoms with Gasteiger partial charge >= 0.3 is 0 Å². The van der Waals surface area contributed by atoms with Crippen molar-refractivity contribution in [3.8, 4) is 0 Å². The van der Waals surface area contributed by atoms with Crippen LogP contribution in [0.2, 0.25) is 0 Å². The van der Waals surface area contributed by atoms with E-state index in [0.29, 0.717) is 0 Å². The van der Waals surface area contributed by atoms with Crippen molar-refractivity contribution < 1.29 is 0 Å². The van der Waals surface area contributed by atoms with Gasteiger partial charge in [-0.15, -0.1) is 11.3 Å². The van der Waals surface area contributed by atoms with E-state index in [4.69, 9.17) is 5.73 Å². The van der Waals surface area contributed by atoms with Crippen LogP contribution in [0.25, 0.3) is 0 Å². The molecule has 0 radical (unpaired) electrons. The second kappa shape index (κ2) is 3.43. The summed E-state index contributed by atoms with van der Waals surface area (Å²) in [5.74, 6) is 0. The van der Waals surface area contributed by atoms with E-state index in [1.165, 1.54) is 42.5 Å². The standard InChI is InChI=1S/C11H17NS/c1-9-5-8-13-10(9)11(12)6-3-2-4-7-11/h5,8H,2-4,6-7,12H2,1H3. The van der Waals surface area contributed by atoms with Crippen LogP contribution in [-0.2, 0) is 5.54 Å². The number of thiophene rings is 1. The van der Waals surface area contributed by atoms with Gasteiger partial charge in [-0.05, 0) is 36.8 Å². The molecule has 1 fully saturated rings. The third kappa shape index (κ3) is 1.65. The first-order chi connectivity index (χ1) is 6.22. The molecule has 2 rings (SSSR count). The third-order valence-corrected chi connectivity index (χ3v) is 4.30. The van der Waals surface area contributed by atoms with Crippen LogP contribution in [0.1, 0.15) is 42.5 Å². The van der Waals surface area contributed by atoms with Crippen molar-refractivity contribution in [2.75, 3.05) is 0 Å². The summed E-state index contributed by atoms with van der Waals surface area (Å²) in [5.41, 5.74) is 7.83. The lowest BCUT2D eigenvalue weighted by Crippen LogP contribution is -2.38. The largest absolute Gasteiger partial charge is 0.321 e. The smallest absolute Gasteiger partial charge is 0.0506 e. The average Bonchev–Trinajstić information content (AvgIpc) is 2.53. The molecule has 0 unspecified atom stereocenters. The van der Waals surface area contributed by atoms with Gasteiger partial charge < -0.3 is 5.73 Å². The molecule has 72 valence electrons. The SMILES string of the molecule is Cc1ccsc1C1(N)CCCCC1. The number of hydrogen-bond donors (Lipinski definition) is 1. The normalized spacial score (nSPS) is 21.7. The van der Waals surface area contributed by atoms with Gasteiger partial charge in [0.05, 0.1) is 5.54 Å². The summed E-state index contributed by atoms with van der Waals surface area (Å²) < 4.78 is 0. The van der Waals surface area contributed by atoms with Crippen LogP contribution in [-0.4, -0.2) is 0 Å². The van der Waals surface area contributed by atoms with Gasteiger partial charge in [0.2, 0.25) is 0 Å². The van der Waals surface area contributed by atoms with Crippen molar-refractivity contribution in [3.05, 3.63) is 21.9 Å². The summed E-state index contributed by atoms with van der Waals surface area (Å²) in [4.78, 5) is 1.42. The predicted molar refractivity (Wildman–Crippen MR) is 58.0 cm³/mol. The molecule has 0 aromatic carbocycles. The number of nitrogens with two attached hydrogens (primary N) is 1. The Balaban J connectivity index is 2.27. The minimum Gasteiger partial charge on any atom is -0.321 e. The lowest BCUT2D eigenvalue weighted by atomic mass is 9.80. The molecule has 1 aliphatic carbocycles. The van der Waals surface area contributed by atoms with Crippen molar-refractivity contribution >= 4 is 11.3 Å². The van der Waals surface area contributed by atoms with E-state index >= 15 is 0 Å². The average molecular weight is 195 g/mol. The highest BCUT2D eigenvalue weighted by molar-refractivity contribution is 7.10. The highest BCUT2D eigenvalue weighted by Crippen LogP contribution is 2.38. The molecule has 2 N–H and O–H groups in total. The van der Waals surface area contributed by atoms with Crippen LogP contribution in [0.3, 0.4) is 0 Å². The molecule has 0 amide bonds. The van der Waals surface area contributed by atoms with Crippen LogP contribution in [0.4, 0.5) is 0 Å². The lowest BCUT2D eigenvalue weighted by Gasteiger charge is -2.33. The summed E-state index contributed by atoms with van der Waals surface area (Å²) in [5, 5.41) is 2.16. The maximum Gasteiger partial charge on any atom is 0.0506 e. The fraction of sp³-hybridized carbons (Fsp3) is 0.636. The van der Waals surface area contributed by atoms with Gasteiger partial charge in [-0.25, -0.2) is 0 Å². The van der Waals surface area contributed by atoms with Crippen molar-refractivity contribution in [3.63, 3.8) is 0 Å². The van der Waals surface area contributed by atoms with Crippen LogP contribution >= 0.6 is 11.3 Å². The molecule has 0 atom stereocenters. The molecule has 1 saturated carbocycles. The third-order valence-electron chi connectivity index (χ3n) is 3.06. The maximum absolute atomic E-state index is 6.44. The first kappa shape index (κ1) is 9.22. The van der Waals surface area contributed by atoms with E-state index in [2.05, 4.69) is 18.4 Å². The summed E-state index contributed by atoms with van der Waals surface area (Å²) in [6.07, 6.45) is 6.31. The van der Waals surface area contributed by atoms with Gasteiger partial charge in [0, 0.05) is 4.88 Å². The van der Waals surface area contributed by atoms with Crippen LogP contribution in [0.5, 0.6) is 0 Å². The minimum absolute atomic E-state index is 0.0104. The molecule has 0 spiro atoms. The molecule has 0 aliphatic heterocycles. The summed E-state index contributed by atoms with van der Waals surface area (Å²) in [6, 6.07) is 2.18. The molecule has 1 aliphatic rings. The van der Waals surface area contributed by atoms with Crippen LogP contribution in [0.15, 0.2) is 11.4 Å². The number of rotatable bonds is 1. The highest BCUT2D eigenvalue weighted by atomic mass is 32.1. The Kier molecular flexibility index (Phi) is 2.43. The fourth-order valence-electron chi connectivity index (χ4n) is 2.29. The molecule has 1 aromatic heterocycles. The zero-order valence-corrected chi connectivity index (χ0v) is 8.99. The van der Waals surface area contributed by atoms with Gasteiger partial charge in [0.1, 0.15) is 0 Å². The summed E-state index contributed by atoms with van der Waals surface area (Å²) in [6.45, 7) is 2.18. The van der Waals surface area contributed by atoms with Crippen LogP contribution < -0.4 is 5.73 Å². The Morgan fingerprint density at radius 3 is 2.54 bits per heavy atom. The van der Waals surface area contributed by atoms with E-state index in [1.807, 2.05) is 11.3 Å². The minimum atomic E-state index is 0.0104. The van der Waals surface area contributed by atoms with E-state index < -0.39 is 0 Å². The second-order valence-electron chi connectivity index (χ2n) is 4.15. The van der Waals surface area contributed by atoms with Crippen LogP contribution in [0, 0.1) is 6.92 Å². The zero-order valence-electron chi connectivity index (χ0n) is 8.18. The van der Waals surface area contributed by atoms with E-state index in [-0.39, 0.29) is 5.54 Å². The first-order valence-electron chi connectivity index (χ1n) is 5.06. The van der Waals surface area contributed by atoms with E-state index in [1.54, 1.807) is 0 Å². The Labute approximate surface area is 84.0 Å². The predicted octanol–water partition coefficient (Wildman–Crippen LogP) is 3.17. The maximum atomic E-state index is 6.44. The second-order valence-corrected chi connectivity index (χ2v) is 5.07. The van der Waals surface area contributed by atoms with Crippen molar-refractivity contribution in [2.45, 2.75) is 44.6 Å². The number of aryl methyl sites for hydroxylation is 1. The summed E-state index contributed by atoms with van der Waals surface area (Å²) in [7, 11) is 0. The first-order valence-corrected chi connectivity index (χ1v) is 5.94. The van der Waals surface area contributed by atoms with E-state index in [9.17, 15) is 0 Å². The highest BCUT2D eigenvalue weighted by Gasteiger charge is 2.31. The molecular weight excluding hydrogens is 178 g/mol. The molecular formula is C11H17NS. The van der Waals surface area contributed by atoms with Gasteiger partial charge in [-0.2, -0.15) is 0 Å². The van der Waals surface area contributed by atoms with Gasteiger partial charge in [-0.3, -0.25) is 0 Å². The van der Waals surface area contributed by atoms with Gasteiger partial charge in [-0.1, -0.05) is 19.3 Å². The quantitative estimate of drug-likeness (QED) is 0.732. The Morgan fingerprint density at radius 2 is 2.00 bits per heavy atom. The molecule has 1 nitrogen and oxygen atoms in total. The Morgan fingerprint density at radius 1 is 1.31 bits per heavy atom. The zero-order chi connectivity index (χ0) is 9.31. The molecule has 1 aromatic rings. The Bertz CT molecular complexity index is 284. The number of hydrogen-bond acceptors (Lipinski definition) is 2. The van der Waals surface area contributed by atoms with Gasteiger partial charge in [0.25, 0.3) is 0 Å². The lowest BCUT2D eigenvalue weighted by molar-refractivity contribution is 0.307. The molecule has 1 heterocycles. The van der Waals surface area contributed by atoms with Crippen molar-refractivity contribution in [1.82, 2.24) is 0 Å². The Hall–Kier alpha value is -0.340. The van der Waals surface area contributed by atoms with Crippen molar-refractivity contribution in [2.24, 2.45) is 5.73 Å². The molecule has 2 heteroatoms. The molecule has 13 heavy (non-hydrogen) atoms. The molecule has 0 bridgehead atoms.